The molecule has 18 heavy (non-hydrogen) atoms. The molecule has 0 bridgehead atoms. The number of thiophene rings is 1. The van der Waals surface area contributed by atoms with E-state index in [4.69, 9.17) is 6.42 Å². The number of hydrogen-bond donors (Lipinski definition) is 1. The highest BCUT2D eigenvalue weighted by Crippen LogP contribution is 2.25. The number of carbonyl (C=O) groups is 1. The minimum absolute atomic E-state index is 0.108. The summed E-state index contributed by atoms with van der Waals surface area (Å²) in [6, 6.07) is 3.61. The molecule has 2 rings (SSSR count). The number of terminal acetylenes is 1. The lowest BCUT2D eigenvalue weighted by Gasteiger charge is -2.14. The number of rotatable bonds is 4. The summed E-state index contributed by atoms with van der Waals surface area (Å²) in [5, 5.41) is 4.66. The lowest BCUT2D eigenvalue weighted by atomic mass is 10.3. The summed E-state index contributed by atoms with van der Waals surface area (Å²) in [7, 11) is 0. The zero-order chi connectivity index (χ0) is 13.0. The van der Waals surface area contributed by atoms with Crippen LogP contribution in [0.25, 0.3) is 10.7 Å². The minimum atomic E-state index is -0.335. The SMILES string of the molecule is C#CCNC(=O)C(C)n1ccnc1-c1cccs1. The molecule has 0 radical (unpaired) electrons. The molecule has 4 nitrogen and oxygen atoms in total. The van der Waals surface area contributed by atoms with E-state index in [1.165, 1.54) is 0 Å². The van der Waals surface area contributed by atoms with Crippen LogP contribution in [0.15, 0.2) is 29.9 Å². The highest BCUT2D eigenvalue weighted by molar-refractivity contribution is 7.13. The van der Waals surface area contributed by atoms with Gasteiger partial charge in [-0.05, 0) is 18.4 Å². The van der Waals surface area contributed by atoms with Crippen molar-refractivity contribution in [1.82, 2.24) is 14.9 Å². The van der Waals surface area contributed by atoms with Crippen LogP contribution in [0, 0.1) is 12.3 Å². The number of imidazole rings is 1. The van der Waals surface area contributed by atoms with E-state index in [9.17, 15) is 4.79 Å². The Hall–Kier alpha value is -2.06. The maximum absolute atomic E-state index is 11.9. The molecule has 0 spiro atoms. The summed E-state index contributed by atoms with van der Waals surface area (Å²) in [6.45, 7) is 2.07. The van der Waals surface area contributed by atoms with Crippen LogP contribution in [0.4, 0.5) is 0 Å². The van der Waals surface area contributed by atoms with Crippen LogP contribution < -0.4 is 5.32 Å². The molecule has 2 aromatic rings. The molecule has 1 unspecified atom stereocenters. The Morgan fingerprint density at radius 2 is 2.56 bits per heavy atom. The van der Waals surface area contributed by atoms with E-state index in [0.717, 1.165) is 10.7 Å². The van der Waals surface area contributed by atoms with E-state index in [-0.39, 0.29) is 18.5 Å². The van der Waals surface area contributed by atoms with E-state index in [1.54, 1.807) is 23.7 Å². The molecule has 0 aliphatic carbocycles. The van der Waals surface area contributed by atoms with Crippen LogP contribution >= 0.6 is 11.3 Å². The van der Waals surface area contributed by atoms with Crippen LogP contribution in [-0.2, 0) is 4.79 Å². The number of hydrogen-bond acceptors (Lipinski definition) is 3. The van der Waals surface area contributed by atoms with Crippen molar-refractivity contribution in [1.29, 1.82) is 0 Å². The van der Waals surface area contributed by atoms with Crippen LogP contribution in [0.2, 0.25) is 0 Å². The first-order valence-electron chi connectivity index (χ1n) is 5.52. The van der Waals surface area contributed by atoms with Gasteiger partial charge in [0.05, 0.1) is 11.4 Å². The van der Waals surface area contributed by atoms with Crippen LogP contribution in [0.1, 0.15) is 13.0 Å². The molecule has 1 amide bonds. The van der Waals surface area contributed by atoms with Crippen molar-refractivity contribution >= 4 is 17.2 Å². The van der Waals surface area contributed by atoms with Crippen molar-refractivity contribution in [2.24, 2.45) is 0 Å². The maximum Gasteiger partial charge on any atom is 0.243 e. The Morgan fingerprint density at radius 1 is 1.72 bits per heavy atom. The molecule has 2 aromatic heterocycles. The largest absolute Gasteiger partial charge is 0.343 e. The second-order valence-corrected chi connectivity index (χ2v) is 4.68. The van der Waals surface area contributed by atoms with Crippen LogP contribution in [0.3, 0.4) is 0 Å². The highest BCUT2D eigenvalue weighted by Gasteiger charge is 2.18. The fraction of sp³-hybridized carbons (Fsp3) is 0.231. The van der Waals surface area contributed by atoms with Crippen molar-refractivity contribution in [3.05, 3.63) is 29.9 Å². The van der Waals surface area contributed by atoms with E-state index in [2.05, 4.69) is 16.2 Å². The van der Waals surface area contributed by atoms with Crippen LogP contribution in [-0.4, -0.2) is 22.0 Å². The fourth-order valence-corrected chi connectivity index (χ4v) is 2.36. The first-order valence-corrected chi connectivity index (χ1v) is 6.40. The van der Waals surface area contributed by atoms with Gasteiger partial charge < -0.3 is 9.88 Å². The molecule has 0 aliphatic rings. The summed E-state index contributed by atoms with van der Waals surface area (Å²) in [6.07, 6.45) is 8.62. The van der Waals surface area contributed by atoms with Gasteiger partial charge in [-0.15, -0.1) is 17.8 Å². The second kappa shape index (κ2) is 5.52. The third kappa shape index (κ3) is 2.44. The number of amides is 1. The molecule has 0 aromatic carbocycles. The zero-order valence-corrected chi connectivity index (χ0v) is 10.8. The number of carbonyl (C=O) groups excluding carboxylic acids is 1. The quantitative estimate of drug-likeness (QED) is 0.853. The molecule has 1 N–H and O–H groups in total. The molecule has 92 valence electrons. The van der Waals surface area contributed by atoms with Gasteiger partial charge in [-0.1, -0.05) is 12.0 Å². The first kappa shape index (κ1) is 12.4. The molecule has 5 heteroatoms. The Balaban J connectivity index is 2.22. The summed E-state index contributed by atoms with van der Waals surface area (Å²) >= 11 is 1.59. The Bertz CT molecular complexity index is 565. The van der Waals surface area contributed by atoms with Crippen molar-refractivity contribution < 1.29 is 4.79 Å². The van der Waals surface area contributed by atoms with Gasteiger partial charge in [0.1, 0.15) is 6.04 Å². The van der Waals surface area contributed by atoms with Gasteiger partial charge in [0.15, 0.2) is 5.82 Å². The minimum Gasteiger partial charge on any atom is -0.343 e. The Labute approximate surface area is 110 Å². The lowest BCUT2D eigenvalue weighted by molar-refractivity contribution is -0.123. The van der Waals surface area contributed by atoms with E-state index < -0.39 is 0 Å². The average molecular weight is 259 g/mol. The van der Waals surface area contributed by atoms with E-state index in [0.29, 0.717) is 0 Å². The predicted molar refractivity (Wildman–Crippen MR) is 72.1 cm³/mol. The van der Waals surface area contributed by atoms with Gasteiger partial charge in [0, 0.05) is 12.4 Å². The standard InChI is InChI=1S/C13H13N3OS/c1-3-6-15-13(17)10(2)16-8-7-14-12(16)11-5-4-9-18-11/h1,4-5,7-10H,6H2,2H3,(H,15,17). The van der Waals surface area contributed by atoms with E-state index >= 15 is 0 Å². The molecule has 2 heterocycles. The number of nitrogens with zero attached hydrogens (tertiary/aromatic N) is 2. The first-order chi connectivity index (χ1) is 8.74. The van der Waals surface area contributed by atoms with Gasteiger partial charge in [-0.2, -0.15) is 0 Å². The smallest absolute Gasteiger partial charge is 0.243 e. The zero-order valence-electron chi connectivity index (χ0n) is 9.96. The highest BCUT2D eigenvalue weighted by atomic mass is 32.1. The molecule has 0 saturated carbocycles. The van der Waals surface area contributed by atoms with Gasteiger partial charge in [0.25, 0.3) is 0 Å². The third-order valence-electron chi connectivity index (χ3n) is 2.57. The molecule has 1 atom stereocenters. The summed E-state index contributed by atoms with van der Waals surface area (Å²) in [4.78, 5) is 17.2. The van der Waals surface area contributed by atoms with Crippen LogP contribution in [0.5, 0.6) is 0 Å². The van der Waals surface area contributed by atoms with Crippen molar-refractivity contribution in [3.8, 4) is 23.0 Å². The van der Waals surface area contributed by atoms with Gasteiger partial charge >= 0.3 is 0 Å². The van der Waals surface area contributed by atoms with Gasteiger partial charge in [0.2, 0.25) is 5.91 Å². The van der Waals surface area contributed by atoms with Crippen molar-refractivity contribution in [3.63, 3.8) is 0 Å². The topological polar surface area (TPSA) is 46.9 Å². The summed E-state index contributed by atoms with van der Waals surface area (Å²) in [5.41, 5.74) is 0. The molecular formula is C13H13N3OS. The van der Waals surface area contributed by atoms with Crippen molar-refractivity contribution in [2.75, 3.05) is 6.54 Å². The molecule has 0 saturated heterocycles. The van der Waals surface area contributed by atoms with Gasteiger partial charge in [-0.25, -0.2) is 4.98 Å². The van der Waals surface area contributed by atoms with E-state index in [1.807, 2.05) is 29.0 Å². The second-order valence-electron chi connectivity index (χ2n) is 3.73. The normalized spacial score (nSPS) is 11.8. The average Bonchev–Trinajstić information content (AvgIpc) is 3.03. The molecule has 0 aliphatic heterocycles. The third-order valence-corrected chi connectivity index (χ3v) is 3.44. The molecule has 0 fully saturated rings. The Morgan fingerprint density at radius 3 is 3.22 bits per heavy atom. The fourth-order valence-electron chi connectivity index (χ4n) is 1.63. The van der Waals surface area contributed by atoms with Crippen molar-refractivity contribution in [2.45, 2.75) is 13.0 Å². The number of aromatic nitrogens is 2. The number of nitrogens with one attached hydrogen (secondary N) is 1. The Kier molecular flexibility index (Phi) is 3.80. The van der Waals surface area contributed by atoms with Gasteiger partial charge in [-0.3, -0.25) is 4.79 Å². The lowest BCUT2D eigenvalue weighted by Crippen LogP contribution is -2.31. The summed E-state index contributed by atoms with van der Waals surface area (Å²) in [5.74, 6) is 3.08. The monoisotopic (exact) mass is 259 g/mol. The molecular weight excluding hydrogens is 246 g/mol. The predicted octanol–water partition coefficient (Wildman–Crippen LogP) is 1.92. The summed E-state index contributed by atoms with van der Waals surface area (Å²) < 4.78 is 1.84. The maximum atomic E-state index is 11.9.